The Morgan fingerprint density at radius 2 is 1.88 bits per heavy atom. The molecule has 0 saturated carbocycles. The summed E-state index contributed by atoms with van der Waals surface area (Å²) in [5, 5.41) is 2.65. The number of halogens is 1. The summed E-state index contributed by atoms with van der Waals surface area (Å²) in [6.07, 6.45) is 2.07. The van der Waals surface area contributed by atoms with Gasteiger partial charge in [0.15, 0.2) is 11.6 Å². The monoisotopic (exact) mass is 551 g/mol. The minimum absolute atomic E-state index is 0.0222. The summed E-state index contributed by atoms with van der Waals surface area (Å²) in [7, 11) is -8.27. The van der Waals surface area contributed by atoms with E-state index in [2.05, 4.69) is 0 Å². The lowest BCUT2D eigenvalue weighted by atomic mass is 10.3. The molecule has 33 heavy (non-hydrogen) atoms. The van der Waals surface area contributed by atoms with Crippen molar-refractivity contribution in [2.75, 3.05) is 23.0 Å². The average molecular weight is 552 g/mol. The van der Waals surface area contributed by atoms with E-state index in [4.69, 9.17) is 20.6 Å². The zero-order valence-electron chi connectivity index (χ0n) is 17.3. The minimum Gasteiger partial charge on any atom is -0.452 e. The molecule has 0 saturated heterocycles. The highest BCUT2D eigenvalue weighted by atomic mass is 35.5. The first-order chi connectivity index (χ1) is 15.4. The molecule has 3 heterocycles. The van der Waals surface area contributed by atoms with Gasteiger partial charge in [-0.1, -0.05) is 22.9 Å². The fraction of sp³-hybridized carbons (Fsp3) is 0.316. The highest BCUT2D eigenvalue weighted by molar-refractivity contribution is 8.03. The Bertz CT molecular complexity index is 1460. The molecule has 178 valence electrons. The molecule has 9 nitrogen and oxygen atoms in total. The lowest BCUT2D eigenvalue weighted by Crippen LogP contribution is -2.38. The number of rotatable bonds is 8. The molecule has 0 atom stereocenters. The van der Waals surface area contributed by atoms with Gasteiger partial charge < -0.3 is 9.32 Å². The van der Waals surface area contributed by atoms with E-state index in [1.54, 1.807) is 16.7 Å². The number of aryl methyl sites for hydroxylation is 2. The van der Waals surface area contributed by atoms with Crippen molar-refractivity contribution in [2.45, 2.75) is 25.0 Å². The minimum atomic E-state index is -4.18. The first kappa shape index (κ1) is 24.5. The van der Waals surface area contributed by atoms with Crippen LogP contribution in [0.1, 0.15) is 17.2 Å². The topological polar surface area (TPSA) is 129 Å². The van der Waals surface area contributed by atoms with Crippen LogP contribution in [0.15, 0.2) is 38.8 Å². The van der Waals surface area contributed by atoms with E-state index in [1.165, 1.54) is 23.1 Å². The molecule has 3 aromatic rings. The maximum absolute atomic E-state index is 11.4. The molecule has 0 amide bonds. The van der Waals surface area contributed by atoms with Crippen molar-refractivity contribution in [1.82, 2.24) is 0 Å². The fourth-order valence-electron chi connectivity index (χ4n) is 3.48. The number of furan rings is 1. The second kappa shape index (κ2) is 9.21. The standard InChI is InChI=1S/C19H19ClN2O7S4/c1-12-9-15-19(29-12)31-18(21(15)5-2-7-32(23,24)25)11-17-22(6-8-33(26,27)28)14-10-13(20)3-4-16(14)30-17/h3-4,9-11H,2,5-8H2,1H3,(H-,23,24,25,26,27,28)/p+1. The molecule has 0 spiro atoms. The van der Waals surface area contributed by atoms with E-state index >= 15 is 0 Å². The van der Waals surface area contributed by atoms with Gasteiger partial charge in [-0.05, 0) is 37.2 Å². The van der Waals surface area contributed by atoms with Gasteiger partial charge in [-0.3, -0.25) is 9.11 Å². The van der Waals surface area contributed by atoms with Crippen molar-refractivity contribution in [1.29, 1.82) is 0 Å². The lowest BCUT2D eigenvalue weighted by Gasteiger charge is -2.18. The molecular weight excluding hydrogens is 532 g/mol. The summed E-state index contributed by atoms with van der Waals surface area (Å²) in [6, 6.07) is 7.17. The summed E-state index contributed by atoms with van der Waals surface area (Å²) < 4.78 is 71.9. The second-order valence-electron chi connectivity index (χ2n) is 7.40. The van der Waals surface area contributed by atoms with Gasteiger partial charge in [0.25, 0.3) is 25.2 Å². The number of aromatic nitrogens is 1. The predicted molar refractivity (Wildman–Crippen MR) is 129 cm³/mol. The normalized spacial score (nSPS) is 15.6. The molecular formula is C19H20ClN2O7S4+. The molecule has 0 radical (unpaired) electrons. The lowest BCUT2D eigenvalue weighted by molar-refractivity contribution is -0.664. The van der Waals surface area contributed by atoms with Crippen LogP contribution in [0, 0.1) is 6.92 Å². The third-order valence-corrected chi connectivity index (χ3v) is 8.73. The van der Waals surface area contributed by atoms with Crippen LogP contribution in [0.5, 0.6) is 0 Å². The number of hydrogen-bond acceptors (Lipinski definition) is 8. The van der Waals surface area contributed by atoms with E-state index in [9.17, 15) is 21.4 Å². The van der Waals surface area contributed by atoms with Crippen LogP contribution in [0.3, 0.4) is 0 Å². The Morgan fingerprint density at radius 1 is 1.15 bits per heavy atom. The molecule has 14 heteroatoms. The van der Waals surface area contributed by atoms with Gasteiger partial charge in [0, 0.05) is 23.7 Å². The summed E-state index contributed by atoms with van der Waals surface area (Å²) in [5.74, 6) is -0.119. The van der Waals surface area contributed by atoms with Gasteiger partial charge in [-0.15, -0.1) is 0 Å². The van der Waals surface area contributed by atoms with Crippen LogP contribution in [-0.2, 0) is 26.8 Å². The third-order valence-electron chi connectivity index (χ3n) is 4.85. The van der Waals surface area contributed by atoms with Crippen LogP contribution >= 0.6 is 34.7 Å². The van der Waals surface area contributed by atoms with Gasteiger partial charge in [-0.25, -0.2) is 0 Å². The Morgan fingerprint density at radius 3 is 2.58 bits per heavy atom. The number of fused-ring (bicyclic) bond motifs is 2. The van der Waals surface area contributed by atoms with Crippen molar-refractivity contribution >= 4 is 76.9 Å². The van der Waals surface area contributed by atoms with Crippen molar-refractivity contribution in [3.05, 3.63) is 45.1 Å². The second-order valence-corrected chi connectivity index (χ2v) is 13.0. The summed E-state index contributed by atoms with van der Waals surface area (Å²) in [6.45, 7) is 2.17. The number of thiazole rings is 1. The zero-order valence-corrected chi connectivity index (χ0v) is 21.3. The first-order valence-electron chi connectivity index (χ1n) is 9.69. The molecule has 0 unspecified atom stereocenters. The smallest absolute Gasteiger partial charge is 0.271 e. The molecule has 1 aliphatic heterocycles. The third kappa shape index (κ3) is 5.91. The van der Waals surface area contributed by atoms with Crippen LogP contribution in [0.2, 0.25) is 5.02 Å². The van der Waals surface area contributed by atoms with Crippen molar-refractivity contribution in [2.24, 2.45) is 0 Å². The molecule has 1 aromatic carbocycles. The van der Waals surface area contributed by atoms with E-state index in [1.807, 2.05) is 30.0 Å². The molecule has 4 rings (SSSR count). The number of anilines is 1. The number of thioether (sulfide) groups is 1. The van der Waals surface area contributed by atoms with Gasteiger partial charge in [-0.2, -0.15) is 21.4 Å². The van der Waals surface area contributed by atoms with E-state index in [0.29, 0.717) is 22.4 Å². The van der Waals surface area contributed by atoms with Crippen LogP contribution in [-0.4, -0.2) is 44.0 Å². The maximum Gasteiger partial charge on any atom is 0.271 e. The molecule has 1 aliphatic rings. The van der Waals surface area contributed by atoms with E-state index < -0.39 is 26.0 Å². The van der Waals surface area contributed by atoms with E-state index in [-0.39, 0.29) is 18.7 Å². The number of benzene rings is 1. The van der Waals surface area contributed by atoms with Gasteiger partial charge in [0.2, 0.25) is 5.52 Å². The molecule has 2 N–H and O–H groups in total. The maximum atomic E-state index is 11.4. The quantitative estimate of drug-likeness (QED) is 0.317. The number of nitrogens with zero attached hydrogens (tertiary/aromatic N) is 2. The first-order valence-corrected chi connectivity index (χ1v) is 14.9. The van der Waals surface area contributed by atoms with Crippen molar-refractivity contribution in [3.63, 3.8) is 0 Å². The molecule has 0 aliphatic carbocycles. The Hall–Kier alpha value is -1.61. The number of hydrogen-bond donors (Lipinski definition) is 2. The van der Waals surface area contributed by atoms with Gasteiger partial charge >= 0.3 is 0 Å². The Labute approximate surface area is 204 Å². The van der Waals surface area contributed by atoms with Crippen molar-refractivity contribution in [3.8, 4) is 0 Å². The molecule has 0 bridgehead atoms. The fourth-order valence-corrected chi connectivity index (χ4v) is 6.84. The van der Waals surface area contributed by atoms with Gasteiger partial charge in [0.05, 0.1) is 22.5 Å². The van der Waals surface area contributed by atoms with E-state index in [0.717, 1.165) is 25.9 Å². The molecule has 0 fully saturated rings. The van der Waals surface area contributed by atoms with Crippen LogP contribution in [0.4, 0.5) is 5.69 Å². The van der Waals surface area contributed by atoms with Gasteiger partial charge in [0.1, 0.15) is 16.2 Å². The largest absolute Gasteiger partial charge is 0.452 e. The molecule has 2 aromatic heterocycles. The van der Waals surface area contributed by atoms with Crippen LogP contribution < -0.4 is 9.47 Å². The Balaban J connectivity index is 1.74. The summed E-state index contributed by atoms with van der Waals surface area (Å²) in [5.41, 5.74) is 1.53. The Kier molecular flexibility index (Phi) is 6.84. The van der Waals surface area contributed by atoms with Crippen LogP contribution in [0.25, 0.3) is 16.3 Å². The summed E-state index contributed by atoms with van der Waals surface area (Å²) in [4.78, 5) is 1.91. The average Bonchev–Trinajstić information content (AvgIpc) is 3.30. The highest BCUT2D eigenvalue weighted by Gasteiger charge is 2.31. The predicted octanol–water partition coefficient (Wildman–Crippen LogP) is 3.82. The SMILES string of the molecule is Cc1cc2c(o1)SC(=Cc1sc3ccc(Cl)cc3[n+]1CCS(=O)(=O)O)N2CCCS(=O)(=O)O. The summed E-state index contributed by atoms with van der Waals surface area (Å²) >= 11 is 8.95. The highest BCUT2D eigenvalue weighted by Crippen LogP contribution is 2.48. The van der Waals surface area contributed by atoms with Crippen molar-refractivity contribution < 1.29 is 34.9 Å². The zero-order chi connectivity index (χ0) is 24.0.